The molecule has 108 valence electrons. The lowest BCUT2D eigenvalue weighted by atomic mass is 10.2. The van der Waals surface area contributed by atoms with E-state index in [9.17, 15) is 14.0 Å². The summed E-state index contributed by atoms with van der Waals surface area (Å²) in [4.78, 5) is 24.7. The first-order valence-corrected chi connectivity index (χ1v) is 6.84. The van der Waals surface area contributed by atoms with Gasteiger partial charge in [0.1, 0.15) is 5.82 Å². The molecule has 1 aliphatic rings. The number of carbonyl (C=O) groups excluding carboxylic acids is 2. The van der Waals surface area contributed by atoms with Crippen LogP contribution < -0.4 is 5.32 Å². The molecule has 1 fully saturated rings. The minimum atomic E-state index is -0.292. The maximum absolute atomic E-state index is 12.8. The Morgan fingerprint density at radius 1 is 1.30 bits per heavy atom. The van der Waals surface area contributed by atoms with Gasteiger partial charge in [-0.2, -0.15) is 0 Å². The highest BCUT2D eigenvalue weighted by Crippen LogP contribution is 2.28. The second kappa shape index (κ2) is 6.50. The van der Waals surface area contributed by atoms with E-state index < -0.39 is 0 Å². The van der Waals surface area contributed by atoms with Gasteiger partial charge in [0.2, 0.25) is 11.8 Å². The van der Waals surface area contributed by atoms with E-state index in [0.29, 0.717) is 19.6 Å². The van der Waals surface area contributed by atoms with Gasteiger partial charge in [-0.25, -0.2) is 4.39 Å². The molecule has 1 aromatic carbocycles. The first kappa shape index (κ1) is 14.5. The van der Waals surface area contributed by atoms with E-state index in [1.165, 1.54) is 19.1 Å². The zero-order chi connectivity index (χ0) is 14.5. The van der Waals surface area contributed by atoms with Crippen LogP contribution in [0, 0.1) is 11.7 Å². The van der Waals surface area contributed by atoms with E-state index in [1.807, 2.05) is 0 Å². The Morgan fingerprint density at radius 3 is 2.50 bits per heavy atom. The van der Waals surface area contributed by atoms with Crippen LogP contribution in [0.4, 0.5) is 4.39 Å². The molecule has 0 atom stereocenters. The minimum absolute atomic E-state index is 0.0602. The molecule has 0 spiro atoms. The number of hydrogen-bond acceptors (Lipinski definition) is 2. The average molecular weight is 278 g/mol. The predicted molar refractivity (Wildman–Crippen MR) is 73.2 cm³/mol. The molecule has 1 saturated carbocycles. The molecule has 4 nitrogen and oxygen atoms in total. The topological polar surface area (TPSA) is 49.4 Å². The second-order valence-corrected chi connectivity index (χ2v) is 5.13. The van der Waals surface area contributed by atoms with Crippen LogP contribution in [0.3, 0.4) is 0 Å². The van der Waals surface area contributed by atoms with Gasteiger partial charge in [-0.1, -0.05) is 12.1 Å². The van der Waals surface area contributed by atoms with E-state index in [2.05, 4.69) is 5.32 Å². The van der Waals surface area contributed by atoms with Gasteiger partial charge in [0.15, 0.2) is 0 Å². The Balaban J connectivity index is 1.81. The fourth-order valence-corrected chi connectivity index (χ4v) is 1.96. The number of benzene rings is 1. The van der Waals surface area contributed by atoms with Crippen molar-refractivity contribution in [3.05, 3.63) is 35.6 Å². The van der Waals surface area contributed by atoms with Crippen LogP contribution in [0.15, 0.2) is 24.3 Å². The van der Waals surface area contributed by atoms with Gasteiger partial charge in [-0.05, 0) is 30.5 Å². The third kappa shape index (κ3) is 4.33. The standard InChI is InChI=1S/C15H19FN2O2/c1-11(19)18(9-8-17-15(20)13-4-5-13)10-12-2-6-14(16)7-3-12/h2-3,6-7,13H,4-5,8-10H2,1H3,(H,17,20). The summed E-state index contributed by atoms with van der Waals surface area (Å²) in [6, 6.07) is 6.08. The smallest absolute Gasteiger partial charge is 0.223 e. The van der Waals surface area contributed by atoms with Crippen LogP contribution >= 0.6 is 0 Å². The molecule has 1 aliphatic carbocycles. The van der Waals surface area contributed by atoms with Crippen molar-refractivity contribution in [3.63, 3.8) is 0 Å². The molecule has 0 heterocycles. The zero-order valence-electron chi connectivity index (χ0n) is 11.6. The summed E-state index contributed by atoms with van der Waals surface area (Å²) in [6.07, 6.45) is 1.94. The van der Waals surface area contributed by atoms with Crippen molar-refractivity contribution in [3.8, 4) is 0 Å². The van der Waals surface area contributed by atoms with E-state index in [-0.39, 0.29) is 23.5 Å². The predicted octanol–water partition coefficient (Wildman–Crippen LogP) is 1.70. The van der Waals surface area contributed by atoms with Gasteiger partial charge in [0.25, 0.3) is 0 Å². The molecule has 1 N–H and O–H groups in total. The molecule has 0 aromatic heterocycles. The van der Waals surface area contributed by atoms with Crippen LogP contribution in [0.5, 0.6) is 0 Å². The summed E-state index contributed by atoms with van der Waals surface area (Å²) >= 11 is 0. The Kier molecular flexibility index (Phi) is 4.71. The number of halogens is 1. The third-order valence-electron chi connectivity index (χ3n) is 3.36. The Morgan fingerprint density at radius 2 is 1.95 bits per heavy atom. The summed E-state index contributed by atoms with van der Waals surface area (Å²) in [6.45, 7) is 2.84. The molecule has 1 aromatic rings. The number of amides is 2. The molecule has 2 amide bonds. The summed E-state index contributed by atoms with van der Waals surface area (Å²) in [5.74, 6) is -0.0945. The van der Waals surface area contributed by atoms with E-state index >= 15 is 0 Å². The van der Waals surface area contributed by atoms with Crippen LogP contribution in [0.2, 0.25) is 0 Å². The van der Waals surface area contributed by atoms with Crippen molar-refractivity contribution in [2.45, 2.75) is 26.3 Å². The number of hydrogen-bond donors (Lipinski definition) is 1. The average Bonchev–Trinajstić information content (AvgIpc) is 3.24. The molecule has 0 radical (unpaired) electrons. The van der Waals surface area contributed by atoms with Crippen LogP contribution in [-0.2, 0) is 16.1 Å². The molecule has 2 rings (SSSR count). The summed E-state index contributed by atoms with van der Waals surface area (Å²) in [5, 5.41) is 2.83. The fourth-order valence-electron chi connectivity index (χ4n) is 1.96. The summed E-state index contributed by atoms with van der Waals surface area (Å²) < 4.78 is 12.8. The van der Waals surface area contributed by atoms with Crippen molar-refractivity contribution in [2.24, 2.45) is 5.92 Å². The van der Waals surface area contributed by atoms with Crippen LogP contribution in [0.1, 0.15) is 25.3 Å². The first-order chi connectivity index (χ1) is 9.56. The maximum atomic E-state index is 12.8. The van der Waals surface area contributed by atoms with Gasteiger partial charge in [0.05, 0.1) is 0 Å². The molecule has 0 saturated heterocycles. The highest BCUT2D eigenvalue weighted by atomic mass is 19.1. The van der Waals surface area contributed by atoms with Gasteiger partial charge in [-0.3, -0.25) is 9.59 Å². The van der Waals surface area contributed by atoms with Crippen LogP contribution in [0.25, 0.3) is 0 Å². The Labute approximate surface area is 118 Å². The largest absolute Gasteiger partial charge is 0.354 e. The normalized spacial score (nSPS) is 13.9. The molecule has 5 heteroatoms. The number of carbonyl (C=O) groups is 2. The third-order valence-corrected chi connectivity index (χ3v) is 3.36. The highest BCUT2D eigenvalue weighted by molar-refractivity contribution is 5.80. The number of rotatable bonds is 6. The van der Waals surface area contributed by atoms with E-state index in [4.69, 9.17) is 0 Å². The quantitative estimate of drug-likeness (QED) is 0.861. The minimum Gasteiger partial charge on any atom is -0.354 e. The fraction of sp³-hybridized carbons (Fsp3) is 0.467. The van der Waals surface area contributed by atoms with Gasteiger partial charge < -0.3 is 10.2 Å². The molecule has 0 unspecified atom stereocenters. The van der Waals surface area contributed by atoms with Crippen molar-refractivity contribution in [1.82, 2.24) is 10.2 Å². The van der Waals surface area contributed by atoms with Crippen molar-refractivity contribution in [2.75, 3.05) is 13.1 Å². The maximum Gasteiger partial charge on any atom is 0.223 e. The van der Waals surface area contributed by atoms with Crippen molar-refractivity contribution < 1.29 is 14.0 Å². The lowest BCUT2D eigenvalue weighted by molar-refractivity contribution is -0.130. The first-order valence-electron chi connectivity index (χ1n) is 6.84. The highest BCUT2D eigenvalue weighted by Gasteiger charge is 2.29. The van der Waals surface area contributed by atoms with E-state index in [0.717, 1.165) is 18.4 Å². The van der Waals surface area contributed by atoms with Crippen LogP contribution in [-0.4, -0.2) is 29.8 Å². The summed E-state index contributed by atoms with van der Waals surface area (Å²) in [7, 11) is 0. The molecule has 0 aliphatic heterocycles. The number of nitrogens with zero attached hydrogens (tertiary/aromatic N) is 1. The molecular formula is C15H19FN2O2. The second-order valence-electron chi connectivity index (χ2n) is 5.13. The summed E-state index contributed by atoms with van der Waals surface area (Å²) in [5.41, 5.74) is 0.870. The molecule has 20 heavy (non-hydrogen) atoms. The number of nitrogens with one attached hydrogen (secondary N) is 1. The van der Waals surface area contributed by atoms with Gasteiger partial charge >= 0.3 is 0 Å². The van der Waals surface area contributed by atoms with Crippen molar-refractivity contribution >= 4 is 11.8 Å². The van der Waals surface area contributed by atoms with Crippen molar-refractivity contribution in [1.29, 1.82) is 0 Å². The molecule has 0 bridgehead atoms. The SMILES string of the molecule is CC(=O)N(CCNC(=O)C1CC1)Cc1ccc(F)cc1. The monoisotopic (exact) mass is 278 g/mol. The van der Waals surface area contributed by atoms with Gasteiger partial charge in [-0.15, -0.1) is 0 Å². The Hall–Kier alpha value is -1.91. The lowest BCUT2D eigenvalue weighted by Gasteiger charge is -2.21. The Bertz CT molecular complexity index is 483. The van der Waals surface area contributed by atoms with Gasteiger partial charge in [0, 0.05) is 32.5 Å². The molecular weight excluding hydrogens is 259 g/mol. The van der Waals surface area contributed by atoms with E-state index in [1.54, 1.807) is 17.0 Å². The lowest BCUT2D eigenvalue weighted by Crippen LogP contribution is -2.37. The zero-order valence-corrected chi connectivity index (χ0v) is 11.6.